The summed E-state index contributed by atoms with van der Waals surface area (Å²) in [4.78, 5) is 12.6. The van der Waals surface area contributed by atoms with Crippen molar-refractivity contribution in [2.45, 2.75) is 45.2 Å². The number of amides is 1. The molecule has 1 aromatic rings. The zero-order valence-electron chi connectivity index (χ0n) is 14.8. The standard InChI is InChI=1S/C17H27N3O3S/c1-17(2,3)19-8-7-13(9-19)16(21)18-15-11-20(24(4,22)23)10-14(15)12-5-6-12/h7-9,12,14-15H,5-6,10-11H2,1-4H3,(H,18,21). The molecule has 1 aromatic heterocycles. The summed E-state index contributed by atoms with van der Waals surface area (Å²) in [6, 6.07) is 1.72. The Morgan fingerprint density at radius 2 is 1.92 bits per heavy atom. The summed E-state index contributed by atoms with van der Waals surface area (Å²) >= 11 is 0. The van der Waals surface area contributed by atoms with Gasteiger partial charge in [0.05, 0.1) is 11.8 Å². The fourth-order valence-corrected chi connectivity index (χ4v) is 4.29. The predicted octanol–water partition coefficient (Wildman–Crippen LogP) is 1.64. The van der Waals surface area contributed by atoms with Crippen molar-refractivity contribution in [3.05, 3.63) is 24.0 Å². The molecule has 0 bridgehead atoms. The minimum Gasteiger partial charge on any atom is -0.348 e. The fraction of sp³-hybridized carbons (Fsp3) is 0.706. The number of aromatic nitrogens is 1. The van der Waals surface area contributed by atoms with E-state index in [2.05, 4.69) is 26.1 Å². The Morgan fingerprint density at radius 3 is 2.42 bits per heavy atom. The highest BCUT2D eigenvalue weighted by Crippen LogP contribution is 2.42. The molecular formula is C17H27N3O3S. The molecule has 1 N–H and O–H groups in total. The minimum atomic E-state index is -3.21. The van der Waals surface area contributed by atoms with Crippen LogP contribution >= 0.6 is 0 Å². The van der Waals surface area contributed by atoms with Gasteiger partial charge in [0.15, 0.2) is 0 Å². The van der Waals surface area contributed by atoms with Crippen molar-refractivity contribution >= 4 is 15.9 Å². The Kier molecular flexibility index (Phi) is 4.28. The summed E-state index contributed by atoms with van der Waals surface area (Å²) < 4.78 is 27.2. The molecule has 3 rings (SSSR count). The maximum atomic E-state index is 12.6. The fourth-order valence-electron chi connectivity index (χ4n) is 3.42. The van der Waals surface area contributed by atoms with Crippen molar-refractivity contribution in [3.63, 3.8) is 0 Å². The summed E-state index contributed by atoms with van der Waals surface area (Å²) in [6.07, 6.45) is 7.27. The van der Waals surface area contributed by atoms with Crippen LogP contribution in [0.4, 0.5) is 0 Å². The number of rotatable bonds is 4. The average Bonchev–Trinajstić information content (AvgIpc) is 3.00. The topological polar surface area (TPSA) is 71.4 Å². The summed E-state index contributed by atoms with van der Waals surface area (Å²) in [5.74, 6) is 0.651. The molecule has 1 aliphatic carbocycles. The molecule has 1 saturated carbocycles. The van der Waals surface area contributed by atoms with E-state index in [0.29, 0.717) is 24.6 Å². The highest BCUT2D eigenvalue weighted by molar-refractivity contribution is 7.88. The van der Waals surface area contributed by atoms with E-state index in [9.17, 15) is 13.2 Å². The molecule has 24 heavy (non-hydrogen) atoms. The quantitative estimate of drug-likeness (QED) is 0.894. The van der Waals surface area contributed by atoms with Crippen LogP contribution in [0.15, 0.2) is 18.5 Å². The van der Waals surface area contributed by atoms with Crippen LogP contribution in [0.2, 0.25) is 0 Å². The molecule has 2 atom stereocenters. The van der Waals surface area contributed by atoms with Gasteiger partial charge in [0.1, 0.15) is 0 Å². The number of hydrogen-bond donors (Lipinski definition) is 1. The normalized spacial score (nSPS) is 25.8. The van der Waals surface area contributed by atoms with Gasteiger partial charge in [0.25, 0.3) is 5.91 Å². The lowest BCUT2D eigenvalue weighted by molar-refractivity contribution is 0.0928. The highest BCUT2D eigenvalue weighted by atomic mass is 32.2. The third kappa shape index (κ3) is 3.67. The van der Waals surface area contributed by atoms with Crippen LogP contribution in [-0.2, 0) is 15.6 Å². The van der Waals surface area contributed by atoms with Crippen LogP contribution < -0.4 is 5.32 Å². The number of sulfonamides is 1. The molecule has 0 aromatic carbocycles. The SMILES string of the molecule is CC(C)(C)n1ccc(C(=O)NC2CN(S(C)(=O)=O)CC2C2CC2)c1. The first kappa shape index (κ1) is 17.5. The number of carbonyl (C=O) groups is 1. The molecule has 1 aliphatic heterocycles. The highest BCUT2D eigenvalue weighted by Gasteiger charge is 2.45. The molecule has 134 valence electrons. The van der Waals surface area contributed by atoms with Crippen molar-refractivity contribution < 1.29 is 13.2 Å². The lowest BCUT2D eigenvalue weighted by atomic mass is 9.98. The Balaban J connectivity index is 1.72. The van der Waals surface area contributed by atoms with E-state index in [4.69, 9.17) is 0 Å². The van der Waals surface area contributed by atoms with Crippen molar-refractivity contribution in [1.29, 1.82) is 0 Å². The third-order valence-corrected chi connectivity index (χ3v) is 6.31. The number of hydrogen-bond acceptors (Lipinski definition) is 3. The van der Waals surface area contributed by atoms with E-state index >= 15 is 0 Å². The monoisotopic (exact) mass is 353 g/mol. The molecule has 1 saturated heterocycles. The van der Waals surface area contributed by atoms with Crippen molar-refractivity contribution in [1.82, 2.24) is 14.2 Å². The first-order chi connectivity index (χ1) is 11.1. The van der Waals surface area contributed by atoms with Crippen molar-refractivity contribution in [2.75, 3.05) is 19.3 Å². The number of nitrogens with one attached hydrogen (secondary N) is 1. The largest absolute Gasteiger partial charge is 0.348 e. The van der Waals surface area contributed by atoms with Gasteiger partial charge in [-0.3, -0.25) is 4.79 Å². The Hall–Kier alpha value is -1.34. The van der Waals surface area contributed by atoms with Crippen LogP contribution in [0.25, 0.3) is 0 Å². The van der Waals surface area contributed by atoms with E-state index < -0.39 is 10.0 Å². The lowest BCUT2D eigenvalue weighted by Gasteiger charge is -2.21. The Labute approximate surface area is 144 Å². The molecule has 2 heterocycles. The maximum absolute atomic E-state index is 12.6. The van der Waals surface area contributed by atoms with Gasteiger partial charge in [0.2, 0.25) is 10.0 Å². The molecule has 2 fully saturated rings. The second-order valence-electron chi connectivity index (χ2n) is 8.14. The molecule has 0 spiro atoms. The molecule has 7 heteroatoms. The summed E-state index contributed by atoms with van der Waals surface area (Å²) in [5.41, 5.74) is 0.549. The number of carbonyl (C=O) groups excluding carboxylic acids is 1. The van der Waals surface area contributed by atoms with Gasteiger partial charge >= 0.3 is 0 Å². The van der Waals surface area contributed by atoms with Crippen LogP contribution in [-0.4, -0.2) is 48.6 Å². The van der Waals surface area contributed by atoms with Crippen LogP contribution in [0, 0.1) is 11.8 Å². The van der Waals surface area contributed by atoms with E-state index in [-0.39, 0.29) is 23.4 Å². The van der Waals surface area contributed by atoms with Gasteiger partial charge in [-0.2, -0.15) is 4.31 Å². The molecule has 2 aliphatic rings. The van der Waals surface area contributed by atoms with Gasteiger partial charge in [-0.15, -0.1) is 0 Å². The molecule has 0 radical (unpaired) electrons. The van der Waals surface area contributed by atoms with E-state index in [1.807, 2.05) is 23.0 Å². The molecule has 1 amide bonds. The minimum absolute atomic E-state index is 0.0739. The molecule has 6 nitrogen and oxygen atoms in total. The zero-order chi connectivity index (χ0) is 17.7. The summed E-state index contributed by atoms with van der Waals surface area (Å²) in [6.45, 7) is 7.15. The average molecular weight is 353 g/mol. The number of nitrogens with zero attached hydrogens (tertiary/aromatic N) is 2. The zero-order valence-corrected chi connectivity index (χ0v) is 15.6. The van der Waals surface area contributed by atoms with Gasteiger partial charge in [-0.05, 0) is 51.5 Å². The first-order valence-electron chi connectivity index (χ1n) is 8.50. The smallest absolute Gasteiger partial charge is 0.253 e. The van der Waals surface area contributed by atoms with Crippen molar-refractivity contribution in [3.8, 4) is 0 Å². The van der Waals surface area contributed by atoms with Gasteiger partial charge < -0.3 is 9.88 Å². The second-order valence-corrected chi connectivity index (χ2v) is 10.1. The van der Waals surface area contributed by atoms with Crippen LogP contribution in [0.1, 0.15) is 44.0 Å². The molecular weight excluding hydrogens is 326 g/mol. The molecule has 2 unspecified atom stereocenters. The maximum Gasteiger partial charge on any atom is 0.253 e. The second kappa shape index (κ2) is 5.88. The van der Waals surface area contributed by atoms with Gasteiger partial charge in [-0.1, -0.05) is 0 Å². The third-order valence-electron chi connectivity index (χ3n) is 5.07. The van der Waals surface area contributed by atoms with Crippen molar-refractivity contribution in [2.24, 2.45) is 11.8 Å². The Morgan fingerprint density at radius 1 is 1.25 bits per heavy atom. The van der Waals surface area contributed by atoms with E-state index in [0.717, 1.165) is 12.8 Å². The summed E-state index contributed by atoms with van der Waals surface area (Å²) in [5, 5.41) is 3.08. The van der Waals surface area contributed by atoms with Crippen LogP contribution in [0.5, 0.6) is 0 Å². The van der Waals surface area contributed by atoms with Gasteiger partial charge in [-0.25, -0.2) is 8.42 Å². The Bertz CT molecular complexity index is 729. The first-order valence-corrected chi connectivity index (χ1v) is 10.3. The van der Waals surface area contributed by atoms with Crippen LogP contribution in [0.3, 0.4) is 0 Å². The summed E-state index contributed by atoms with van der Waals surface area (Å²) in [7, 11) is -3.21. The lowest BCUT2D eigenvalue weighted by Crippen LogP contribution is -2.41. The van der Waals surface area contributed by atoms with E-state index in [1.165, 1.54) is 10.6 Å². The predicted molar refractivity (Wildman–Crippen MR) is 93.3 cm³/mol. The van der Waals surface area contributed by atoms with E-state index in [1.54, 1.807) is 0 Å². The van der Waals surface area contributed by atoms with Gasteiger partial charge in [0, 0.05) is 37.1 Å².